The summed E-state index contributed by atoms with van der Waals surface area (Å²) in [7, 11) is 1.36. The normalized spacial score (nSPS) is 14.7. The molecule has 0 fully saturated rings. The van der Waals surface area contributed by atoms with Gasteiger partial charge in [-0.15, -0.1) is 0 Å². The van der Waals surface area contributed by atoms with E-state index in [2.05, 4.69) is 57.6 Å². The van der Waals surface area contributed by atoms with E-state index in [0.717, 1.165) is 60.8 Å². The Morgan fingerprint density at radius 3 is 1.29 bits per heavy atom. The Kier molecular flexibility index (Phi) is 26.0. The van der Waals surface area contributed by atoms with Crippen LogP contribution < -0.4 is 0 Å². The van der Waals surface area contributed by atoms with E-state index in [-0.39, 0.29) is 18.5 Å². The van der Waals surface area contributed by atoms with Gasteiger partial charge in [-0.3, -0.25) is 0 Å². The number of esters is 2. The van der Waals surface area contributed by atoms with Gasteiger partial charge in [0.15, 0.2) is 0 Å². The van der Waals surface area contributed by atoms with Gasteiger partial charge in [0, 0.05) is 12.2 Å². The molecule has 0 spiro atoms. The van der Waals surface area contributed by atoms with E-state index in [0.29, 0.717) is 0 Å². The highest BCUT2D eigenvalue weighted by Gasteiger charge is 1.97. The second kappa shape index (κ2) is 28.6. The van der Waals surface area contributed by atoms with Gasteiger partial charge < -0.3 is 9.47 Å². The highest BCUT2D eigenvalue weighted by Crippen LogP contribution is 2.13. The minimum absolute atomic E-state index is 0.284. The Morgan fingerprint density at radius 1 is 0.449 bits per heavy atom. The van der Waals surface area contributed by atoms with Gasteiger partial charge in [-0.05, 0) is 107 Å². The zero-order chi connectivity index (χ0) is 36.9. The molecule has 0 heterocycles. The van der Waals surface area contributed by atoms with Crippen molar-refractivity contribution >= 4 is 11.9 Å². The summed E-state index contributed by atoms with van der Waals surface area (Å²) >= 11 is 0. The standard InChI is InChI=1S/C45H62O4/c1-36(2)18-13-21-39(5)24-14-25-40(6)26-17-29-43(9)34-35-49-45(47)33-31-42(8)28-16-23-38(4)20-12-11-19-37(3)22-15-27-41(7)30-32-44(46)48-10/h11-12,15-16,18-20,22-24,26-28,30-34H,13-14,17,21,25,29,35H2,1-10H3/b12-11+,22-15+,23-16+,32-30+,33-31+,37-19+,38-20+,39-24+,40-26+,41-27-,42-28+,43-34+. The van der Waals surface area contributed by atoms with E-state index >= 15 is 0 Å². The second-order valence-electron chi connectivity index (χ2n) is 12.6. The molecule has 0 aliphatic carbocycles. The molecule has 266 valence electrons. The molecule has 0 N–H and O–H groups in total. The molecule has 0 rings (SSSR count). The molecule has 4 heteroatoms. The lowest BCUT2D eigenvalue weighted by molar-refractivity contribution is -0.136. The first kappa shape index (κ1) is 44.6. The van der Waals surface area contributed by atoms with Crippen LogP contribution in [0.3, 0.4) is 0 Å². The molecule has 49 heavy (non-hydrogen) atoms. The van der Waals surface area contributed by atoms with Crippen molar-refractivity contribution in [2.75, 3.05) is 13.7 Å². The van der Waals surface area contributed by atoms with Gasteiger partial charge in [0.25, 0.3) is 0 Å². The first-order chi connectivity index (χ1) is 23.3. The molecule has 0 amide bonds. The van der Waals surface area contributed by atoms with Crippen molar-refractivity contribution < 1.29 is 19.1 Å². The Morgan fingerprint density at radius 2 is 0.837 bits per heavy atom. The van der Waals surface area contributed by atoms with E-state index < -0.39 is 0 Å². The fourth-order valence-electron chi connectivity index (χ4n) is 4.11. The SMILES string of the molecule is COC(=O)/C=C/C(C)=C\C=C\C(C)=C\C=C\C=C(C)\C=C\C=C(C)\C=C\C(=O)OC/C=C(\C)CC/C=C(\C)CC/C=C(\C)CCC=C(C)C. The molecule has 0 saturated carbocycles. The van der Waals surface area contributed by atoms with Crippen LogP contribution in [0.2, 0.25) is 0 Å². The van der Waals surface area contributed by atoms with Crippen LogP contribution in [-0.4, -0.2) is 25.7 Å². The Hall–Kier alpha value is -4.44. The van der Waals surface area contributed by atoms with Crippen molar-refractivity contribution in [2.24, 2.45) is 0 Å². The molecule has 0 aromatic heterocycles. The fraction of sp³-hybridized carbons (Fsp3) is 0.378. The first-order valence-electron chi connectivity index (χ1n) is 17.2. The summed E-state index contributed by atoms with van der Waals surface area (Å²) in [6, 6.07) is 0. The van der Waals surface area contributed by atoms with E-state index in [1.807, 2.05) is 94.5 Å². The number of allylic oxidation sites excluding steroid dienone is 23. The van der Waals surface area contributed by atoms with Crippen LogP contribution in [0.5, 0.6) is 0 Å². The van der Waals surface area contributed by atoms with Crippen molar-refractivity contribution in [2.45, 2.75) is 101 Å². The number of carbonyl (C=O) groups is 2. The van der Waals surface area contributed by atoms with Crippen LogP contribution in [0.25, 0.3) is 0 Å². The van der Waals surface area contributed by atoms with Crippen LogP contribution in [0.1, 0.15) is 101 Å². The number of rotatable bonds is 21. The summed E-state index contributed by atoms with van der Waals surface area (Å²) in [5, 5.41) is 0. The number of ether oxygens (including phenoxy) is 2. The highest BCUT2D eigenvalue weighted by atomic mass is 16.5. The number of hydrogen-bond acceptors (Lipinski definition) is 4. The summed E-state index contributed by atoms with van der Waals surface area (Å²) in [6.45, 7) is 19.0. The second-order valence-corrected chi connectivity index (χ2v) is 12.6. The summed E-state index contributed by atoms with van der Waals surface area (Å²) in [4.78, 5) is 23.3. The summed E-state index contributed by atoms with van der Waals surface area (Å²) < 4.78 is 9.94. The van der Waals surface area contributed by atoms with Crippen LogP contribution in [-0.2, 0) is 19.1 Å². The minimum atomic E-state index is -0.369. The van der Waals surface area contributed by atoms with E-state index in [1.54, 1.807) is 12.2 Å². The van der Waals surface area contributed by atoms with Crippen LogP contribution in [0, 0.1) is 0 Å². The Bertz CT molecular complexity index is 1430. The zero-order valence-electron chi connectivity index (χ0n) is 32.0. The molecule has 0 aliphatic heterocycles. The highest BCUT2D eigenvalue weighted by molar-refractivity contribution is 5.82. The predicted octanol–water partition coefficient (Wildman–Crippen LogP) is 12.4. The van der Waals surface area contributed by atoms with Crippen LogP contribution in [0.4, 0.5) is 0 Å². The third-order valence-electron chi connectivity index (χ3n) is 7.24. The largest absolute Gasteiger partial charge is 0.466 e. The van der Waals surface area contributed by atoms with Crippen molar-refractivity contribution in [1.29, 1.82) is 0 Å². The minimum Gasteiger partial charge on any atom is -0.466 e. The molecular weight excluding hydrogens is 604 g/mol. The molecular formula is C45H62O4. The van der Waals surface area contributed by atoms with Crippen LogP contribution in [0.15, 0.2) is 154 Å². The van der Waals surface area contributed by atoms with Gasteiger partial charge in [0.1, 0.15) is 6.61 Å². The molecule has 0 aromatic carbocycles. The molecule has 0 aliphatic rings. The number of carbonyl (C=O) groups excluding carboxylic acids is 2. The average Bonchev–Trinajstić information content (AvgIpc) is 3.04. The van der Waals surface area contributed by atoms with Crippen molar-refractivity contribution in [3.63, 3.8) is 0 Å². The van der Waals surface area contributed by atoms with Gasteiger partial charge in [0.05, 0.1) is 7.11 Å². The third-order valence-corrected chi connectivity index (χ3v) is 7.24. The summed E-state index contributed by atoms with van der Waals surface area (Å²) in [5.41, 5.74) is 9.62. The van der Waals surface area contributed by atoms with Gasteiger partial charge in [-0.1, -0.05) is 136 Å². The fourth-order valence-corrected chi connectivity index (χ4v) is 4.11. The maximum atomic E-state index is 12.1. The molecule has 0 saturated heterocycles. The van der Waals surface area contributed by atoms with Crippen molar-refractivity contribution in [3.8, 4) is 0 Å². The summed E-state index contributed by atoms with van der Waals surface area (Å²) in [6.07, 6.45) is 41.6. The smallest absolute Gasteiger partial charge is 0.331 e. The quantitative estimate of drug-likeness (QED) is 0.0529. The molecule has 0 aromatic rings. The zero-order valence-corrected chi connectivity index (χ0v) is 32.0. The Balaban J connectivity index is 4.55. The van der Waals surface area contributed by atoms with Crippen molar-refractivity contribution in [3.05, 3.63) is 154 Å². The lowest BCUT2D eigenvalue weighted by Gasteiger charge is -2.03. The van der Waals surface area contributed by atoms with Gasteiger partial charge in [0.2, 0.25) is 0 Å². The monoisotopic (exact) mass is 666 g/mol. The average molecular weight is 667 g/mol. The summed E-state index contributed by atoms with van der Waals surface area (Å²) in [5.74, 6) is -0.715. The molecule has 0 bridgehead atoms. The topological polar surface area (TPSA) is 52.6 Å². The molecule has 0 radical (unpaired) electrons. The maximum Gasteiger partial charge on any atom is 0.331 e. The van der Waals surface area contributed by atoms with Crippen molar-refractivity contribution in [1.82, 2.24) is 0 Å². The predicted molar refractivity (Wildman–Crippen MR) is 212 cm³/mol. The molecule has 4 nitrogen and oxygen atoms in total. The number of hydrogen-bond donors (Lipinski definition) is 0. The van der Waals surface area contributed by atoms with Gasteiger partial charge in [-0.2, -0.15) is 0 Å². The molecule has 0 unspecified atom stereocenters. The number of methoxy groups -OCH3 is 1. The van der Waals surface area contributed by atoms with E-state index in [1.165, 1.54) is 41.6 Å². The Labute approximate surface area is 298 Å². The third kappa shape index (κ3) is 29.4. The van der Waals surface area contributed by atoms with Gasteiger partial charge >= 0.3 is 11.9 Å². The van der Waals surface area contributed by atoms with E-state index in [4.69, 9.17) is 4.74 Å². The van der Waals surface area contributed by atoms with Crippen LogP contribution >= 0.6 is 0 Å². The van der Waals surface area contributed by atoms with Gasteiger partial charge in [-0.25, -0.2) is 9.59 Å². The lowest BCUT2D eigenvalue weighted by Crippen LogP contribution is -2.00. The van der Waals surface area contributed by atoms with E-state index in [9.17, 15) is 9.59 Å². The molecule has 0 atom stereocenters. The first-order valence-corrected chi connectivity index (χ1v) is 17.2. The maximum absolute atomic E-state index is 12.1. The lowest BCUT2D eigenvalue weighted by atomic mass is 10.0.